The monoisotopic (exact) mass is 740 g/mol. The molecule has 1 saturated heterocycles. The van der Waals surface area contributed by atoms with Crippen LogP contribution in [0.5, 0.6) is 0 Å². The first kappa shape index (κ1) is 37.1. The van der Waals surface area contributed by atoms with E-state index in [9.17, 15) is 33.0 Å². The maximum atomic E-state index is 13.5. The molecule has 0 aliphatic carbocycles. The summed E-state index contributed by atoms with van der Waals surface area (Å²) in [6, 6.07) is 12.7. The summed E-state index contributed by atoms with van der Waals surface area (Å²) in [5, 5.41) is 34.0. The lowest BCUT2D eigenvalue weighted by molar-refractivity contribution is -0.207. The topological polar surface area (TPSA) is 153 Å². The molecule has 4 aromatic rings. The Hall–Kier alpha value is -4.12. The van der Waals surface area contributed by atoms with Gasteiger partial charge in [-0.1, -0.05) is 35.3 Å². The zero-order valence-corrected chi connectivity index (χ0v) is 29.0. The summed E-state index contributed by atoms with van der Waals surface area (Å²) in [6.45, 7) is 4.58. The Balaban J connectivity index is 1.43. The SMILES string of the molecule is CC(C)(C)OC(=O)N1CCCC(O)(CNc2nc(Cn3nc(-c4ccc(Cl)cc4)n(C[C@H](O)C(F)(F)F)c3=O)nn2-c2ccccc2Cl)CC1. The maximum absolute atomic E-state index is 13.5. The van der Waals surface area contributed by atoms with E-state index in [1.807, 2.05) is 0 Å². The van der Waals surface area contributed by atoms with Gasteiger partial charge < -0.3 is 25.2 Å². The van der Waals surface area contributed by atoms with Crippen LogP contribution < -0.4 is 11.0 Å². The van der Waals surface area contributed by atoms with Gasteiger partial charge in [0, 0.05) is 30.2 Å². The van der Waals surface area contributed by atoms with E-state index in [1.54, 1.807) is 49.9 Å². The second kappa shape index (κ2) is 14.6. The lowest BCUT2D eigenvalue weighted by Gasteiger charge is -2.28. The summed E-state index contributed by atoms with van der Waals surface area (Å²) in [5.74, 6) is 0.0738. The number of alkyl halides is 3. The standard InChI is InChI=1S/C32H37Cl2F3N8O5/c1-30(2,3)50-29(48)42-15-6-13-31(49,14-16-42)19-38-27-39-25(40-45(27)23-8-5-4-7-22(23)34)18-44-28(47)43(17-24(46)32(35,36)37)26(41-44)20-9-11-21(33)12-10-20/h4-5,7-12,24,46,49H,6,13-19H2,1-3H3,(H,38,39,40)/t24-,31?/m0/s1. The highest BCUT2D eigenvalue weighted by Crippen LogP contribution is 2.28. The summed E-state index contributed by atoms with van der Waals surface area (Å²) < 4.78 is 48.5. The number of para-hydroxylation sites is 1. The summed E-state index contributed by atoms with van der Waals surface area (Å²) in [6.07, 6.45) is -7.13. The average molecular weight is 742 g/mol. The van der Waals surface area contributed by atoms with E-state index >= 15 is 0 Å². The van der Waals surface area contributed by atoms with Crippen molar-refractivity contribution in [3.05, 3.63) is 74.9 Å². The Morgan fingerprint density at radius 3 is 2.42 bits per heavy atom. The summed E-state index contributed by atoms with van der Waals surface area (Å²) in [7, 11) is 0. The minimum absolute atomic E-state index is 0.0162. The number of aliphatic hydroxyl groups excluding tert-OH is 1. The predicted octanol–water partition coefficient (Wildman–Crippen LogP) is 5.13. The zero-order valence-electron chi connectivity index (χ0n) is 27.5. The van der Waals surface area contributed by atoms with E-state index in [0.29, 0.717) is 40.7 Å². The van der Waals surface area contributed by atoms with Crippen molar-refractivity contribution in [1.29, 1.82) is 0 Å². The van der Waals surface area contributed by atoms with Crippen molar-refractivity contribution in [1.82, 2.24) is 34.0 Å². The van der Waals surface area contributed by atoms with Crippen LogP contribution in [0.25, 0.3) is 17.1 Å². The number of hydrogen-bond acceptors (Lipinski definition) is 9. The molecular formula is C32H37Cl2F3N8O5. The van der Waals surface area contributed by atoms with Gasteiger partial charge in [0.05, 0.1) is 22.9 Å². The molecule has 1 amide bonds. The minimum atomic E-state index is -4.98. The molecule has 0 spiro atoms. The Bertz CT molecular complexity index is 1870. The van der Waals surface area contributed by atoms with Gasteiger partial charge in [0.25, 0.3) is 0 Å². The van der Waals surface area contributed by atoms with Crippen molar-refractivity contribution in [2.75, 3.05) is 25.0 Å². The van der Waals surface area contributed by atoms with Crippen LogP contribution in [0.15, 0.2) is 53.3 Å². The number of likely N-dealkylation sites (tertiary alicyclic amines) is 1. The molecule has 3 N–H and O–H groups in total. The fraction of sp³-hybridized carbons (Fsp3) is 0.469. The molecule has 1 fully saturated rings. The number of amides is 1. The highest BCUT2D eigenvalue weighted by Gasteiger charge is 2.39. The van der Waals surface area contributed by atoms with Crippen LogP contribution in [0.4, 0.5) is 23.9 Å². The van der Waals surface area contributed by atoms with Crippen molar-refractivity contribution in [3.8, 4) is 17.1 Å². The first-order chi connectivity index (χ1) is 23.4. The van der Waals surface area contributed by atoms with E-state index in [-0.39, 0.29) is 43.7 Å². The van der Waals surface area contributed by atoms with Crippen LogP contribution in [0.2, 0.25) is 10.0 Å². The van der Waals surface area contributed by atoms with E-state index in [1.165, 1.54) is 28.9 Å². The van der Waals surface area contributed by atoms with Gasteiger partial charge in [0.1, 0.15) is 12.1 Å². The van der Waals surface area contributed by atoms with Crippen LogP contribution in [-0.2, 0) is 17.8 Å². The molecule has 18 heteroatoms. The van der Waals surface area contributed by atoms with Crippen LogP contribution in [0.3, 0.4) is 0 Å². The first-order valence-electron chi connectivity index (χ1n) is 15.8. The van der Waals surface area contributed by atoms with Crippen molar-refractivity contribution in [2.45, 2.75) is 76.6 Å². The summed E-state index contributed by atoms with van der Waals surface area (Å²) in [5.41, 5.74) is -2.13. The number of aromatic nitrogens is 6. The van der Waals surface area contributed by atoms with Crippen molar-refractivity contribution in [2.24, 2.45) is 0 Å². The van der Waals surface area contributed by atoms with Crippen LogP contribution in [0, 0.1) is 0 Å². The number of carbonyl (C=O) groups is 1. The van der Waals surface area contributed by atoms with E-state index in [4.69, 9.17) is 27.9 Å². The highest BCUT2D eigenvalue weighted by molar-refractivity contribution is 6.32. The molecule has 3 heterocycles. The van der Waals surface area contributed by atoms with Crippen LogP contribution in [-0.4, -0.2) is 93.4 Å². The molecule has 50 heavy (non-hydrogen) atoms. The van der Waals surface area contributed by atoms with Gasteiger partial charge in [-0.2, -0.15) is 22.8 Å². The second-order valence-corrected chi connectivity index (χ2v) is 13.9. The molecule has 2 aromatic heterocycles. The lowest BCUT2D eigenvalue weighted by atomic mass is 9.95. The smallest absolute Gasteiger partial charge is 0.416 e. The number of nitrogens with one attached hydrogen (secondary N) is 1. The van der Waals surface area contributed by atoms with Gasteiger partial charge in [-0.25, -0.2) is 14.3 Å². The largest absolute Gasteiger partial charge is 0.444 e. The van der Waals surface area contributed by atoms with E-state index in [0.717, 1.165) is 9.25 Å². The third-order valence-electron chi connectivity index (χ3n) is 7.93. The number of nitrogens with zero attached hydrogens (tertiary/aromatic N) is 7. The number of carbonyl (C=O) groups excluding carboxylic acids is 1. The fourth-order valence-corrected chi connectivity index (χ4v) is 5.71. The molecule has 270 valence electrons. The normalized spacial score (nSPS) is 17.8. The molecule has 0 saturated carbocycles. The third kappa shape index (κ3) is 8.96. The number of hydrogen-bond donors (Lipinski definition) is 3. The van der Waals surface area contributed by atoms with Gasteiger partial charge in [0.2, 0.25) is 5.95 Å². The third-order valence-corrected chi connectivity index (χ3v) is 8.50. The molecule has 13 nitrogen and oxygen atoms in total. The fourth-order valence-electron chi connectivity index (χ4n) is 5.37. The van der Waals surface area contributed by atoms with Crippen LogP contribution in [0.1, 0.15) is 45.9 Å². The molecule has 0 bridgehead atoms. The number of halogens is 5. The molecule has 1 aliphatic rings. The average Bonchev–Trinajstić information content (AvgIpc) is 3.49. The Kier molecular flexibility index (Phi) is 10.9. The van der Waals surface area contributed by atoms with Gasteiger partial charge in [-0.15, -0.1) is 10.2 Å². The molecule has 1 aliphatic heterocycles. The van der Waals surface area contributed by atoms with Crippen molar-refractivity contribution in [3.63, 3.8) is 0 Å². The summed E-state index contributed by atoms with van der Waals surface area (Å²) in [4.78, 5) is 32.2. The molecule has 2 aromatic carbocycles. The predicted molar refractivity (Wildman–Crippen MR) is 180 cm³/mol. The lowest BCUT2D eigenvalue weighted by Crippen LogP contribution is -2.40. The Labute approximate surface area is 295 Å². The molecular weight excluding hydrogens is 704 g/mol. The maximum Gasteiger partial charge on any atom is 0.416 e. The van der Waals surface area contributed by atoms with E-state index < -0.39 is 41.8 Å². The van der Waals surface area contributed by atoms with Crippen LogP contribution >= 0.6 is 23.2 Å². The minimum Gasteiger partial charge on any atom is -0.444 e. The van der Waals surface area contributed by atoms with Gasteiger partial charge in [0.15, 0.2) is 17.8 Å². The quantitative estimate of drug-likeness (QED) is 0.212. The van der Waals surface area contributed by atoms with E-state index in [2.05, 4.69) is 20.5 Å². The first-order valence-corrected chi connectivity index (χ1v) is 16.5. The summed E-state index contributed by atoms with van der Waals surface area (Å²) >= 11 is 12.5. The number of anilines is 1. The molecule has 1 unspecified atom stereocenters. The Morgan fingerprint density at radius 2 is 1.76 bits per heavy atom. The number of rotatable bonds is 9. The second-order valence-electron chi connectivity index (χ2n) is 13.1. The Morgan fingerprint density at radius 1 is 1.06 bits per heavy atom. The number of aliphatic hydroxyl groups is 2. The molecule has 2 atom stereocenters. The molecule has 0 radical (unpaired) electrons. The molecule has 5 rings (SSSR count). The number of ether oxygens (including phenoxy) is 1. The van der Waals surface area contributed by atoms with Crippen molar-refractivity contribution >= 4 is 35.2 Å². The zero-order chi connectivity index (χ0) is 36.4. The van der Waals surface area contributed by atoms with Gasteiger partial charge in [-0.05, 0) is 76.4 Å². The highest BCUT2D eigenvalue weighted by atomic mass is 35.5. The number of benzene rings is 2. The van der Waals surface area contributed by atoms with Gasteiger partial charge >= 0.3 is 18.0 Å². The van der Waals surface area contributed by atoms with Gasteiger partial charge in [-0.3, -0.25) is 4.57 Å². The van der Waals surface area contributed by atoms with Crippen molar-refractivity contribution < 1.29 is 32.9 Å².